The van der Waals surface area contributed by atoms with Crippen molar-refractivity contribution in [1.29, 1.82) is 0 Å². The molecule has 104 valence electrons. The van der Waals surface area contributed by atoms with Gasteiger partial charge in [-0.3, -0.25) is 9.78 Å². The van der Waals surface area contributed by atoms with Crippen molar-refractivity contribution in [2.24, 2.45) is 0 Å². The van der Waals surface area contributed by atoms with Gasteiger partial charge in [0.2, 0.25) is 5.91 Å². The first-order chi connectivity index (χ1) is 9.22. The van der Waals surface area contributed by atoms with Gasteiger partial charge in [-0.25, -0.2) is 0 Å². The molecule has 1 aromatic heterocycles. The number of amides is 1. The summed E-state index contributed by atoms with van der Waals surface area (Å²) in [6.07, 6.45) is 5.95. The number of aryl methyl sites for hydroxylation is 1. The first-order valence-electron chi connectivity index (χ1n) is 7.03. The monoisotopic (exact) mass is 262 g/mol. The van der Waals surface area contributed by atoms with Crippen LogP contribution in [-0.2, 0) is 11.2 Å². The first-order valence-corrected chi connectivity index (χ1v) is 7.03. The molecule has 0 radical (unpaired) electrons. The molecule has 1 unspecified atom stereocenters. The minimum Gasteiger partial charge on any atom is -0.396 e. The van der Waals surface area contributed by atoms with Gasteiger partial charge in [0.15, 0.2) is 0 Å². The smallest absolute Gasteiger partial charge is 0.228 e. The highest BCUT2D eigenvalue weighted by Gasteiger charge is 2.28. The maximum absolute atomic E-state index is 12.4. The largest absolute Gasteiger partial charge is 0.396 e. The van der Waals surface area contributed by atoms with Crippen LogP contribution in [-0.4, -0.2) is 40.1 Å². The van der Waals surface area contributed by atoms with Gasteiger partial charge < -0.3 is 10.0 Å². The summed E-state index contributed by atoms with van der Waals surface area (Å²) in [5.74, 6) is 0.169. The summed E-state index contributed by atoms with van der Waals surface area (Å²) in [6, 6.07) is 4.19. The Hall–Kier alpha value is -1.42. The van der Waals surface area contributed by atoms with E-state index in [4.69, 9.17) is 5.11 Å². The molecule has 19 heavy (non-hydrogen) atoms. The van der Waals surface area contributed by atoms with Gasteiger partial charge >= 0.3 is 0 Å². The third-order valence-electron chi connectivity index (χ3n) is 3.83. The Bertz CT molecular complexity index is 434. The molecule has 0 spiro atoms. The third kappa shape index (κ3) is 3.53. The van der Waals surface area contributed by atoms with Gasteiger partial charge in [-0.1, -0.05) is 6.07 Å². The second-order valence-corrected chi connectivity index (χ2v) is 5.19. The molecule has 0 aromatic carbocycles. The average molecular weight is 262 g/mol. The van der Waals surface area contributed by atoms with Crippen LogP contribution in [0.4, 0.5) is 0 Å². The van der Waals surface area contributed by atoms with Crippen LogP contribution < -0.4 is 0 Å². The number of likely N-dealkylation sites (tertiary alicyclic amines) is 1. The van der Waals surface area contributed by atoms with Crippen LogP contribution in [0.5, 0.6) is 0 Å². The molecule has 1 N–H and O–H groups in total. The molecule has 1 fully saturated rings. The molecular weight excluding hydrogens is 240 g/mol. The zero-order valence-corrected chi connectivity index (χ0v) is 11.5. The van der Waals surface area contributed by atoms with E-state index in [0.29, 0.717) is 12.5 Å². The van der Waals surface area contributed by atoms with E-state index in [1.807, 2.05) is 24.0 Å². The molecule has 2 rings (SSSR count). The van der Waals surface area contributed by atoms with Crippen molar-refractivity contribution < 1.29 is 9.90 Å². The Kier molecular flexibility index (Phi) is 4.91. The summed E-state index contributed by atoms with van der Waals surface area (Å²) in [5, 5.41) is 8.91. The average Bonchev–Trinajstić information content (AvgIpc) is 2.87. The fraction of sp³-hybridized carbons (Fsp3) is 0.600. The Balaban J connectivity index is 1.97. The predicted molar refractivity (Wildman–Crippen MR) is 73.7 cm³/mol. The number of carbonyl (C=O) groups is 1. The van der Waals surface area contributed by atoms with E-state index in [0.717, 1.165) is 43.5 Å². The molecule has 1 aliphatic heterocycles. The van der Waals surface area contributed by atoms with Crippen LogP contribution in [0.2, 0.25) is 0 Å². The Morgan fingerprint density at radius 1 is 1.58 bits per heavy atom. The molecule has 1 atom stereocenters. The maximum Gasteiger partial charge on any atom is 0.228 e. The molecule has 1 saturated heterocycles. The number of aromatic nitrogens is 1. The molecule has 0 saturated carbocycles. The van der Waals surface area contributed by atoms with Gasteiger partial charge in [0.1, 0.15) is 0 Å². The van der Waals surface area contributed by atoms with Crippen LogP contribution in [0, 0.1) is 6.92 Å². The second-order valence-electron chi connectivity index (χ2n) is 5.19. The number of nitrogens with zero attached hydrogens (tertiary/aromatic N) is 2. The summed E-state index contributed by atoms with van der Waals surface area (Å²) in [6.45, 7) is 3.04. The van der Waals surface area contributed by atoms with Gasteiger partial charge in [-0.2, -0.15) is 0 Å². The third-order valence-corrected chi connectivity index (χ3v) is 3.83. The standard InChI is InChI=1S/C15H22N2O2/c1-12-5-2-8-16-14(12)11-15(19)17-9-3-6-13(17)7-4-10-18/h2,5,8,13,18H,3-4,6-7,9-11H2,1H3. The van der Waals surface area contributed by atoms with E-state index in [1.54, 1.807) is 6.20 Å². The SMILES string of the molecule is Cc1cccnc1CC(=O)N1CCCC1CCCO. The van der Waals surface area contributed by atoms with Crippen molar-refractivity contribution in [3.05, 3.63) is 29.6 Å². The van der Waals surface area contributed by atoms with Crippen LogP contribution in [0.1, 0.15) is 36.9 Å². The van der Waals surface area contributed by atoms with Gasteiger partial charge in [0, 0.05) is 25.4 Å². The van der Waals surface area contributed by atoms with Gasteiger partial charge in [0.05, 0.1) is 12.1 Å². The van der Waals surface area contributed by atoms with Crippen molar-refractivity contribution in [1.82, 2.24) is 9.88 Å². The van der Waals surface area contributed by atoms with Gasteiger partial charge in [0.25, 0.3) is 0 Å². The summed E-state index contributed by atoms with van der Waals surface area (Å²) in [7, 11) is 0. The predicted octanol–water partition coefficient (Wildman–Crippen LogP) is 1.70. The molecule has 0 aliphatic carbocycles. The number of rotatable bonds is 5. The molecule has 0 bridgehead atoms. The summed E-state index contributed by atoms with van der Waals surface area (Å²) in [5.41, 5.74) is 1.95. The lowest BCUT2D eigenvalue weighted by atomic mass is 10.1. The van der Waals surface area contributed by atoms with Gasteiger partial charge in [-0.15, -0.1) is 0 Å². The molecule has 2 heterocycles. The fourth-order valence-corrected chi connectivity index (χ4v) is 2.74. The summed E-state index contributed by atoms with van der Waals surface area (Å²) >= 11 is 0. The van der Waals surface area contributed by atoms with E-state index >= 15 is 0 Å². The zero-order valence-electron chi connectivity index (χ0n) is 11.5. The number of aliphatic hydroxyl groups is 1. The number of hydrogen-bond donors (Lipinski definition) is 1. The highest BCUT2D eigenvalue weighted by atomic mass is 16.3. The summed E-state index contributed by atoms with van der Waals surface area (Å²) < 4.78 is 0. The van der Waals surface area contributed by atoms with E-state index in [-0.39, 0.29) is 12.5 Å². The molecule has 1 amide bonds. The Morgan fingerprint density at radius 2 is 2.42 bits per heavy atom. The zero-order chi connectivity index (χ0) is 13.7. The minimum atomic E-state index is 0.169. The minimum absolute atomic E-state index is 0.169. The van der Waals surface area contributed by atoms with E-state index in [1.165, 1.54) is 0 Å². The normalized spacial score (nSPS) is 18.8. The molecule has 1 aromatic rings. The highest BCUT2D eigenvalue weighted by Crippen LogP contribution is 2.22. The molecule has 4 nitrogen and oxygen atoms in total. The number of aliphatic hydroxyl groups excluding tert-OH is 1. The van der Waals surface area contributed by atoms with E-state index in [9.17, 15) is 4.79 Å². The lowest BCUT2D eigenvalue weighted by molar-refractivity contribution is -0.131. The first kappa shape index (κ1) is 14.0. The fourth-order valence-electron chi connectivity index (χ4n) is 2.74. The molecule has 4 heteroatoms. The van der Waals surface area contributed by atoms with Crippen molar-refractivity contribution in [2.45, 2.75) is 45.1 Å². The van der Waals surface area contributed by atoms with Gasteiger partial charge in [-0.05, 0) is 44.2 Å². The lowest BCUT2D eigenvalue weighted by Gasteiger charge is -2.24. The van der Waals surface area contributed by atoms with Crippen LogP contribution in [0.15, 0.2) is 18.3 Å². The number of hydrogen-bond acceptors (Lipinski definition) is 3. The Labute approximate surface area is 114 Å². The Morgan fingerprint density at radius 3 is 3.16 bits per heavy atom. The summed E-state index contributed by atoms with van der Waals surface area (Å²) in [4.78, 5) is 18.6. The van der Waals surface area contributed by atoms with Crippen molar-refractivity contribution in [2.75, 3.05) is 13.2 Å². The molecule has 1 aliphatic rings. The van der Waals surface area contributed by atoms with E-state index in [2.05, 4.69) is 4.98 Å². The highest BCUT2D eigenvalue weighted by molar-refractivity contribution is 5.79. The van der Waals surface area contributed by atoms with Crippen LogP contribution >= 0.6 is 0 Å². The van der Waals surface area contributed by atoms with Crippen molar-refractivity contribution >= 4 is 5.91 Å². The van der Waals surface area contributed by atoms with Crippen molar-refractivity contribution in [3.63, 3.8) is 0 Å². The topological polar surface area (TPSA) is 53.4 Å². The maximum atomic E-state index is 12.4. The van der Waals surface area contributed by atoms with E-state index < -0.39 is 0 Å². The molecular formula is C15H22N2O2. The number of pyridine rings is 1. The second kappa shape index (κ2) is 6.66. The van der Waals surface area contributed by atoms with Crippen LogP contribution in [0.25, 0.3) is 0 Å². The van der Waals surface area contributed by atoms with Crippen molar-refractivity contribution in [3.8, 4) is 0 Å². The van der Waals surface area contributed by atoms with Crippen LogP contribution in [0.3, 0.4) is 0 Å². The quantitative estimate of drug-likeness (QED) is 0.878. The number of carbonyl (C=O) groups excluding carboxylic acids is 1. The lowest BCUT2D eigenvalue weighted by Crippen LogP contribution is -2.36.